The van der Waals surface area contributed by atoms with Crippen LogP contribution in [0.15, 0.2) is 24.3 Å². The van der Waals surface area contributed by atoms with Gasteiger partial charge in [-0.3, -0.25) is 52.7 Å². The first kappa shape index (κ1) is 70.3. The lowest BCUT2D eigenvalue weighted by molar-refractivity contribution is -0.166. The van der Waals surface area contributed by atoms with Crippen molar-refractivity contribution in [2.75, 3.05) is 34.3 Å². The van der Waals surface area contributed by atoms with Crippen LogP contribution in [0.4, 0.5) is 0 Å². The SMILES string of the molecule is CC[C@H](C)C1NC(=O)C(NC(=O)[C@@H](CC(C)C)N(C)C(=O)[C@@H]2CCCN2C(=O)[C@@H](C)OC(C)=O)[C@@H](C)OC(=O)C(Cc2ccc(OC)cc2)N(C)C(=O)[C@@H]2CCCN2C(=O)C(CC(C)C)NC(=O)[C@@H](C)C(=O)C(C(C)C)OC(=O)C[C@@H]1OC(C)=O. The summed E-state index contributed by atoms with van der Waals surface area (Å²) >= 11 is 0. The number of benzene rings is 1. The Morgan fingerprint density at radius 1 is 0.812 bits per heavy atom. The van der Waals surface area contributed by atoms with Crippen molar-refractivity contribution in [2.45, 2.75) is 215 Å². The first-order valence-corrected chi connectivity index (χ1v) is 29.8. The summed E-state index contributed by atoms with van der Waals surface area (Å²) < 4.78 is 28.3. The maximum atomic E-state index is 15.3. The summed E-state index contributed by atoms with van der Waals surface area (Å²) in [6.07, 6.45) is -4.94. The fourth-order valence-corrected chi connectivity index (χ4v) is 11.1. The highest BCUT2D eigenvalue weighted by atomic mass is 16.6. The maximum Gasteiger partial charge on any atom is 0.329 e. The van der Waals surface area contributed by atoms with E-state index in [0.29, 0.717) is 30.6 Å². The van der Waals surface area contributed by atoms with Crippen LogP contribution < -0.4 is 20.7 Å². The van der Waals surface area contributed by atoms with Gasteiger partial charge in [0, 0.05) is 47.5 Å². The van der Waals surface area contributed by atoms with E-state index >= 15 is 19.2 Å². The molecule has 474 valence electrons. The summed E-state index contributed by atoms with van der Waals surface area (Å²) in [6, 6.07) is -2.48. The molecule has 0 saturated carbocycles. The van der Waals surface area contributed by atoms with Crippen LogP contribution in [0.1, 0.15) is 147 Å². The summed E-state index contributed by atoms with van der Waals surface area (Å²) in [6.45, 7) is 20.6. The Bertz CT molecular complexity index is 2570. The third kappa shape index (κ3) is 18.9. The smallest absolute Gasteiger partial charge is 0.329 e. The topological polar surface area (TPSA) is 300 Å². The summed E-state index contributed by atoms with van der Waals surface area (Å²) in [4.78, 5) is 176. The largest absolute Gasteiger partial charge is 0.497 e. The third-order valence-electron chi connectivity index (χ3n) is 16.1. The Balaban J connectivity index is 1.94. The normalized spacial score (nSPS) is 26.4. The Morgan fingerprint density at radius 3 is 2.01 bits per heavy atom. The van der Waals surface area contributed by atoms with Crippen LogP contribution in [0.25, 0.3) is 0 Å². The van der Waals surface area contributed by atoms with Crippen LogP contribution in [-0.4, -0.2) is 192 Å². The molecule has 1 aromatic carbocycles. The lowest BCUT2D eigenvalue weighted by atomic mass is 9.91. The number of ether oxygens (including phenoxy) is 5. The molecule has 3 aliphatic rings. The van der Waals surface area contributed by atoms with Gasteiger partial charge in [0.1, 0.15) is 54.2 Å². The molecule has 0 radical (unpaired) electrons. The lowest BCUT2D eigenvalue weighted by Gasteiger charge is -2.37. The van der Waals surface area contributed by atoms with Gasteiger partial charge in [-0.1, -0.05) is 73.9 Å². The molecule has 7 amide bonds. The highest BCUT2D eigenvalue weighted by molar-refractivity contribution is 6.05. The number of esters is 4. The molecule has 13 atom stereocenters. The number of methoxy groups -OCH3 is 1. The van der Waals surface area contributed by atoms with Gasteiger partial charge in [0.15, 0.2) is 18.0 Å². The molecule has 24 nitrogen and oxygen atoms in total. The van der Waals surface area contributed by atoms with Crippen LogP contribution >= 0.6 is 0 Å². The molecule has 3 aliphatic heterocycles. The van der Waals surface area contributed by atoms with Gasteiger partial charge in [-0.25, -0.2) is 4.79 Å². The molecule has 0 bridgehead atoms. The fourth-order valence-electron chi connectivity index (χ4n) is 11.1. The number of nitrogens with one attached hydrogen (secondary N) is 3. The predicted molar refractivity (Wildman–Crippen MR) is 309 cm³/mol. The van der Waals surface area contributed by atoms with E-state index < -0.39 is 162 Å². The van der Waals surface area contributed by atoms with Crippen molar-refractivity contribution in [3.05, 3.63) is 29.8 Å². The van der Waals surface area contributed by atoms with Crippen molar-refractivity contribution in [2.24, 2.45) is 29.6 Å². The Hall–Kier alpha value is -7.14. The monoisotopic (exact) mass is 1200 g/mol. The Labute approximate surface area is 500 Å². The first-order valence-electron chi connectivity index (χ1n) is 29.8. The predicted octanol–water partition coefficient (Wildman–Crippen LogP) is 3.46. The average Bonchev–Trinajstić information content (AvgIpc) is 3.38. The first-order chi connectivity index (χ1) is 39.8. The zero-order valence-electron chi connectivity index (χ0n) is 52.6. The van der Waals surface area contributed by atoms with E-state index in [-0.39, 0.29) is 57.0 Å². The van der Waals surface area contributed by atoms with Crippen molar-refractivity contribution in [1.29, 1.82) is 0 Å². The molecular weight excluding hydrogens is 1100 g/mol. The van der Waals surface area contributed by atoms with Crippen LogP contribution in [0, 0.1) is 29.6 Å². The second kappa shape index (κ2) is 31.8. The van der Waals surface area contributed by atoms with Gasteiger partial charge in [0.25, 0.3) is 5.91 Å². The highest BCUT2D eigenvalue weighted by Crippen LogP contribution is 2.28. The number of Topliss-reactive ketones (excluding diaryl/α,β-unsaturated/α-hetero) is 1. The van der Waals surface area contributed by atoms with E-state index in [9.17, 15) is 38.4 Å². The summed E-state index contributed by atoms with van der Waals surface area (Å²) in [5, 5.41) is 8.37. The van der Waals surface area contributed by atoms with Gasteiger partial charge < -0.3 is 59.2 Å². The highest BCUT2D eigenvalue weighted by Gasteiger charge is 2.46. The van der Waals surface area contributed by atoms with E-state index in [0.717, 1.165) is 13.8 Å². The van der Waals surface area contributed by atoms with Crippen LogP contribution in [0.3, 0.4) is 0 Å². The van der Waals surface area contributed by atoms with Crippen LogP contribution in [0.2, 0.25) is 0 Å². The molecular formula is C61H93N7O17. The van der Waals surface area contributed by atoms with Crippen molar-refractivity contribution < 1.29 is 81.2 Å². The molecule has 0 aliphatic carbocycles. The van der Waals surface area contributed by atoms with Gasteiger partial charge in [-0.2, -0.15) is 0 Å². The standard InChI is InChI=1S/C61H93N7O17/c1-17-35(8)50-48(84-40(13)70)31-49(71)85-53(34(6)7)52(72)36(9)54(73)62-43(28-32(2)3)58(77)68-27-19-21-45(68)60(79)66(15)47(30-41-22-24-42(81-16)25-23-41)61(80)83-37(10)51(56(75)63-50)64-55(74)46(29-33(4)5)65(14)59(78)44-20-18-26-67(44)57(76)38(11)82-39(12)69/h22-25,32-38,43-48,50-51,53H,17-21,26-31H2,1-16H3,(H,62,73)(H,63,75)(H,64,74)/t35-,36-,37+,38+,43?,44-,45-,46+,47?,48-,50?,51?,53?/m0/s1. The quantitative estimate of drug-likeness (QED) is 0.114. The average molecular weight is 1200 g/mol. The van der Waals surface area contributed by atoms with Gasteiger partial charge in [0.2, 0.25) is 35.4 Å². The minimum atomic E-state index is -1.82. The molecule has 0 spiro atoms. The van der Waals surface area contributed by atoms with E-state index in [4.69, 9.17) is 23.7 Å². The number of hydrogen-bond donors (Lipinski definition) is 3. The van der Waals surface area contributed by atoms with Crippen LogP contribution in [0.5, 0.6) is 5.75 Å². The van der Waals surface area contributed by atoms with E-state index in [2.05, 4.69) is 16.0 Å². The Kier molecular flexibility index (Phi) is 26.4. The molecule has 3 saturated heterocycles. The van der Waals surface area contributed by atoms with Gasteiger partial charge in [0.05, 0.1) is 25.5 Å². The second-order valence-corrected chi connectivity index (χ2v) is 24.1. The molecule has 85 heavy (non-hydrogen) atoms. The fraction of sp³-hybridized carbons (Fsp3) is 0.705. The van der Waals surface area contributed by atoms with E-state index in [1.54, 1.807) is 52.0 Å². The molecule has 3 N–H and O–H groups in total. The van der Waals surface area contributed by atoms with Gasteiger partial charge >= 0.3 is 23.9 Å². The minimum Gasteiger partial charge on any atom is -0.497 e. The molecule has 4 rings (SSSR count). The van der Waals surface area contributed by atoms with Crippen molar-refractivity contribution in [3.8, 4) is 5.75 Å². The number of nitrogens with zero attached hydrogens (tertiary/aromatic N) is 4. The zero-order chi connectivity index (χ0) is 63.9. The molecule has 24 heteroatoms. The summed E-state index contributed by atoms with van der Waals surface area (Å²) in [5.41, 5.74) is 0.552. The van der Waals surface area contributed by atoms with Gasteiger partial charge in [-0.15, -0.1) is 0 Å². The van der Waals surface area contributed by atoms with E-state index in [1.165, 1.54) is 61.6 Å². The number of amides is 7. The number of cyclic esters (lactones) is 2. The number of hydrogen-bond acceptors (Lipinski definition) is 17. The zero-order valence-corrected chi connectivity index (χ0v) is 52.6. The molecule has 3 heterocycles. The maximum absolute atomic E-state index is 15.3. The number of carbonyl (C=O) groups is 12. The number of ketones is 1. The molecule has 5 unspecified atom stereocenters. The van der Waals surface area contributed by atoms with Crippen molar-refractivity contribution in [3.63, 3.8) is 0 Å². The second-order valence-electron chi connectivity index (χ2n) is 24.1. The number of likely N-dealkylation sites (N-methyl/N-ethyl adjacent to an activating group) is 2. The van der Waals surface area contributed by atoms with Crippen LogP contribution in [-0.2, 0) is 82.9 Å². The minimum absolute atomic E-state index is 0.0336. The molecule has 3 fully saturated rings. The van der Waals surface area contributed by atoms with Gasteiger partial charge in [-0.05, 0) is 101 Å². The number of carbonyl (C=O) groups excluding carboxylic acids is 12. The Morgan fingerprint density at radius 2 is 1.45 bits per heavy atom. The number of fused-ring (bicyclic) bond motifs is 1. The molecule has 0 aromatic heterocycles. The molecule has 1 aromatic rings. The van der Waals surface area contributed by atoms with Crippen molar-refractivity contribution >= 4 is 71.0 Å². The summed E-state index contributed by atoms with van der Waals surface area (Å²) in [5.74, 6) is -12.2. The number of rotatable bonds is 17. The summed E-state index contributed by atoms with van der Waals surface area (Å²) in [7, 11) is 4.26. The van der Waals surface area contributed by atoms with Crippen molar-refractivity contribution in [1.82, 2.24) is 35.6 Å². The number of likely N-dealkylation sites (tertiary alicyclic amines) is 1. The third-order valence-corrected chi connectivity index (χ3v) is 16.1. The van der Waals surface area contributed by atoms with E-state index in [1.807, 2.05) is 27.7 Å². The lowest BCUT2D eigenvalue weighted by Crippen LogP contribution is -2.62.